The lowest BCUT2D eigenvalue weighted by Crippen LogP contribution is -2.24. The molecule has 0 aromatic carbocycles. The Balaban J connectivity index is 1.91. The van der Waals surface area contributed by atoms with Crippen molar-refractivity contribution in [2.24, 2.45) is 0 Å². The molecule has 0 amide bonds. The molecule has 1 aromatic heterocycles. The van der Waals surface area contributed by atoms with E-state index in [0.717, 1.165) is 0 Å². The molecule has 1 fully saturated rings. The smallest absolute Gasteiger partial charge is 0.163 e. The fourth-order valence-corrected chi connectivity index (χ4v) is 1.39. The Morgan fingerprint density at radius 1 is 1.62 bits per heavy atom. The Labute approximate surface area is 76.7 Å². The van der Waals surface area contributed by atoms with Crippen LogP contribution in [0.2, 0.25) is 0 Å². The van der Waals surface area contributed by atoms with Crippen molar-refractivity contribution in [3.05, 3.63) is 12.7 Å². The standard InChI is InChI=1S/C8H13N3O2/c1-8(2)12-4-7(13-8)3-11-6-9-5-10-11/h5-7H,3-4H2,1-2H3. The first-order valence-electron chi connectivity index (χ1n) is 4.30. The van der Waals surface area contributed by atoms with Gasteiger partial charge in [0.05, 0.1) is 13.2 Å². The van der Waals surface area contributed by atoms with E-state index < -0.39 is 5.79 Å². The summed E-state index contributed by atoms with van der Waals surface area (Å²) in [6.07, 6.45) is 3.27. The van der Waals surface area contributed by atoms with Crippen molar-refractivity contribution >= 4 is 0 Å². The fourth-order valence-electron chi connectivity index (χ4n) is 1.39. The zero-order valence-electron chi connectivity index (χ0n) is 7.80. The van der Waals surface area contributed by atoms with Gasteiger partial charge in [0.25, 0.3) is 0 Å². The molecule has 1 aliphatic rings. The summed E-state index contributed by atoms with van der Waals surface area (Å²) in [6.45, 7) is 5.14. The summed E-state index contributed by atoms with van der Waals surface area (Å²) in [5.74, 6) is -0.453. The van der Waals surface area contributed by atoms with E-state index in [1.807, 2.05) is 13.8 Å². The lowest BCUT2D eigenvalue weighted by atomic mass is 10.4. The lowest BCUT2D eigenvalue weighted by Gasteiger charge is -2.16. The molecule has 0 radical (unpaired) electrons. The molecule has 5 heteroatoms. The first-order chi connectivity index (χ1) is 6.16. The van der Waals surface area contributed by atoms with E-state index in [1.165, 1.54) is 6.33 Å². The molecule has 1 unspecified atom stereocenters. The molecule has 1 atom stereocenters. The Bertz CT molecular complexity index is 271. The van der Waals surface area contributed by atoms with Gasteiger partial charge >= 0.3 is 0 Å². The van der Waals surface area contributed by atoms with Crippen molar-refractivity contribution in [1.29, 1.82) is 0 Å². The average molecular weight is 183 g/mol. The van der Waals surface area contributed by atoms with Gasteiger partial charge in [-0.05, 0) is 13.8 Å². The lowest BCUT2D eigenvalue weighted by molar-refractivity contribution is -0.139. The summed E-state index contributed by atoms with van der Waals surface area (Å²) in [6, 6.07) is 0. The van der Waals surface area contributed by atoms with Crippen molar-refractivity contribution in [2.75, 3.05) is 6.61 Å². The van der Waals surface area contributed by atoms with E-state index in [-0.39, 0.29) is 6.10 Å². The number of nitrogens with zero attached hydrogens (tertiary/aromatic N) is 3. The Kier molecular flexibility index (Phi) is 2.05. The van der Waals surface area contributed by atoms with Crippen LogP contribution in [0.25, 0.3) is 0 Å². The van der Waals surface area contributed by atoms with Crippen LogP contribution in [-0.4, -0.2) is 33.3 Å². The van der Waals surface area contributed by atoms with E-state index in [2.05, 4.69) is 10.1 Å². The third kappa shape index (κ3) is 2.05. The minimum atomic E-state index is -0.453. The monoisotopic (exact) mass is 183 g/mol. The maximum atomic E-state index is 5.61. The van der Waals surface area contributed by atoms with Crippen LogP contribution in [0, 0.1) is 0 Å². The minimum absolute atomic E-state index is 0.0803. The van der Waals surface area contributed by atoms with Crippen LogP contribution in [0.1, 0.15) is 13.8 Å². The van der Waals surface area contributed by atoms with E-state index in [1.54, 1.807) is 11.0 Å². The highest BCUT2D eigenvalue weighted by atomic mass is 16.7. The molecule has 1 aromatic rings. The van der Waals surface area contributed by atoms with Crippen molar-refractivity contribution < 1.29 is 9.47 Å². The van der Waals surface area contributed by atoms with Crippen LogP contribution in [0.5, 0.6) is 0 Å². The van der Waals surface area contributed by atoms with Crippen LogP contribution in [0.15, 0.2) is 12.7 Å². The summed E-state index contributed by atoms with van der Waals surface area (Å²) in [5.41, 5.74) is 0. The maximum Gasteiger partial charge on any atom is 0.163 e. The minimum Gasteiger partial charge on any atom is -0.348 e. The van der Waals surface area contributed by atoms with Gasteiger partial charge in [-0.2, -0.15) is 5.10 Å². The molecule has 1 saturated heterocycles. The summed E-state index contributed by atoms with van der Waals surface area (Å²) in [7, 11) is 0. The van der Waals surface area contributed by atoms with Gasteiger partial charge in [0.2, 0.25) is 0 Å². The highest BCUT2D eigenvalue weighted by Crippen LogP contribution is 2.22. The topological polar surface area (TPSA) is 49.2 Å². The summed E-state index contributed by atoms with van der Waals surface area (Å²) in [5, 5.41) is 4.00. The van der Waals surface area contributed by atoms with Crippen LogP contribution < -0.4 is 0 Å². The zero-order chi connectivity index (χ0) is 9.31. The molecule has 5 nitrogen and oxygen atoms in total. The second-order valence-electron chi connectivity index (χ2n) is 3.57. The Morgan fingerprint density at radius 3 is 3.00 bits per heavy atom. The molecule has 13 heavy (non-hydrogen) atoms. The first-order valence-corrected chi connectivity index (χ1v) is 4.30. The van der Waals surface area contributed by atoms with Crippen LogP contribution in [0.4, 0.5) is 0 Å². The number of hydrogen-bond acceptors (Lipinski definition) is 4. The van der Waals surface area contributed by atoms with Crippen LogP contribution in [0.3, 0.4) is 0 Å². The Hall–Kier alpha value is -0.940. The van der Waals surface area contributed by atoms with Crippen LogP contribution >= 0.6 is 0 Å². The first kappa shape index (κ1) is 8.65. The predicted molar refractivity (Wildman–Crippen MR) is 44.9 cm³/mol. The summed E-state index contributed by atoms with van der Waals surface area (Å²) in [4.78, 5) is 3.86. The number of rotatable bonds is 2. The van der Waals surface area contributed by atoms with Gasteiger partial charge in [-0.3, -0.25) is 4.68 Å². The molecule has 2 heterocycles. The molecule has 0 bridgehead atoms. The SMILES string of the molecule is CC1(C)OCC(Cn2cncn2)O1. The second kappa shape index (κ2) is 3.08. The second-order valence-corrected chi connectivity index (χ2v) is 3.57. The molecule has 72 valence electrons. The van der Waals surface area contributed by atoms with Gasteiger partial charge < -0.3 is 9.47 Å². The van der Waals surface area contributed by atoms with Crippen LogP contribution in [-0.2, 0) is 16.0 Å². The fraction of sp³-hybridized carbons (Fsp3) is 0.750. The van der Waals surface area contributed by atoms with Crippen molar-refractivity contribution in [3.8, 4) is 0 Å². The van der Waals surface area contributed by atoms with Gasteiger partial charge in [0, 0.05) is 0 Å². The molecular weight excluding hydrogens is 170 g/mol. The summed E-state index contributed by atoms with van der Waals surface area (Å²) >= 11 is 0. The third-order valence-electron chi connectivity index (χ3n) is 1.92. The quantitative estimate of drug-likeness (QED) is 0.667. The van der Waals surface area contributed by atoms with E-state index >= 15 is 0 Å². The molecule has 0 N–H and O–H groups in total. The number of aromatic nitrogens is 3. The van der Waals surface area contributed by atoms with Gasteiger partial charge in [-0.15, -0.1) is 0 Å². The molecule has 2 rings (SSSR count). The highest BCUT2D eigenvalue weighted by Gasteiger charge is 2.32. The van der Waals surface area contributed by atoms with E-state index in [4.69, 9.17) is 9.47 Å². The maximum absolute atomic E-state index is 5.61. The molecular formula is C8H13N3O2. The summed E-state index contributed by atoms with van der Waals surface area (Å²) < 4.78 is 12.8. The van der Waals surface area contributed by atoms with Gasteiger partial charge in [-0.25, -0.2) is 4.98 Å². The average Bonchev–Trinajstić information content (AvgIpc) is 2.61. The Morgan fingerprint density at radius 2 is 2.46 bits per heavy atom. The van der Waals surface area contributed by atoms with Gasteiger partial charge in [-0.1, -0.05) is 0 Å². The third-order valence-corrected chi connectivity index (χ3v) is 1.92. The zero-order valence-corrected chi connectivity index (χ0v) is 7.80. The van der Waals surface area contributed by atoms with Crippen molar-refractivity contribution in [1.82, 2.24) is 14.8 Å². The van der Waals surface area contributed by atoms with E-state index in [9.17, 15) is 0 Å². The normalized spacial score (nSPS) is 26.5. The molecule has 1 aliphatic heterocycles. The van der Waals surface area contributed by atoms with Gasteiger partial charge in [0.1, 0.15) is 18.8 Å². The highest BCUT2D eigenvalue weighted by molar-refractivity contribution is 4.71. The number of hydrogen-bond donors (Lipinski definition) is 0. The predicted octanol–water partition coefficient (Wildman–Crippen LogP) is 0.430. The van der Waals surface area contributed by atoms with Gasteiger partial charge in [0.15, 0.2) is 5.79 Å². The van der Waals surface area contributed by atoms with E-state index in [0.29, 0.717) is 13.2 Å². The molecule has 0 spiro atoms. The largest absolute Gasteiger partial charge is 0.348 e. The van der Waals surface area contributed by atoms with Crippen molar-refractivity contribution in [2.45, 2.75) is 32.3 Å². The molecule has 0 saturated carbocycles. The molecule has 0 aliphatic carbocycles. The number of ether oxygens (including phenoxy) is 2. The van der Waals surface area contributed by atoms with Crippen molar-refractivity contribution in [3.63, 3.8) is 0 Å².